The fourth-order valence-corrected chi connectivity index (χ4v) is 4.86. The van der Waals surface area contributed by atoms with Crippen molar-refractivity contribution < 1.29 is 4.79 Å². The first kappa shape index (κ1) is 27.3. The average Bonchev–Trinajstić information content (AvgIpc) is 3.22. The number of carbonyl (C=O) groups is 1. The second-order valence-corrected chi connectivity index (χ2v) is 10.0. The number of nitrogens with zero attached hydrogens (tertiary/aromatic N) is 2. The number of hydrogen-bond acceptors (Lipinski definition) is 2. The minimum atomic E-state index is -0.0600. The summed E-state index contributed by atoms with van der Waals surface area (Å²) >= 11 is 5.98. The Bertz CT molecular complexity index is 1030. The van der Waals surface area contributed by atoms with Crippen LogP contribution >= 0.6 is 11.6 Å². The van der Waals surface area contributed by atoms with Crippen molar-refractivity contribution in [3.05, 3.63) is 64.9 Å². The molecular formula is C30H42ClN3O. The van der Waals surface area contributed by atoms with Crippen LogP contribution in [0, 0.1) is 0 Å². The highest BCUT2D eigenvalue weighted by molar-refractivity contribution is 6.30. The number of imidazole rings is 1. The molecule has 190 valence electrons. The number of amides is 1. The van der Waals surface area contributed by atoms with Gasteiger partial charge in [-0.25, -0.2) is 4.98 Å². The van der Waals surface area contributed by atoms with Gasteiger partial charge in [0, 0.05) is 30.1 Å². The third-order valence-electron chi connectivity index (χ3n) is 6.67. The van der Waals surface area contributed by atoms with Crippen molar-refractivity contribution in [3.63, 3.8) is 0 Å². The summed E-state index contributed by atoms with van der Waals surface area (Å²) in [6, 6.07) is 15.6. The van der Waals surface area contributed by atoms with Crippen LogP contribution in [0.15, 0.2) is 48.5 Å². The van der Waals surface area contributed by atoms with Gasteiger partial charge in [-0.05, 0) is 49.6 Å². The molecule has 35 heavy (non-hydrogen) atoms. The van der Waals surface area contributed by atoms with E-state index in [1.807, 2.05) is 0 Å². The van der Waals surface area contributed by atoms with E-state index in [1.165, 1.54) is 69.1 Å². The van der Waals surface area contributed by atoms with E-state index in [1.54, 1.807) is 24.3 Å². The number of halogens is 1. The molecule has 0 bridgehead atoms. The summed E-state index contributed by atoms with van der Waals surface area (Å²) in [6.07, 6.45) is 16.2. The lowest BCUT2D eigenvalue weighted by atomic mass is 10.1. The Labute approximate surface area is 216 Å². The zero-order valence-electron chi connectivity index (χ0n) is 21.4. The van der Waals surface area contributed by atoms with Crippen LogP contribution in [-0.4, -0.2) is 22.0 Å². The molecule has 0 atom stereocenters. The van der Waals surface area contributed by atoms with Crippen LogP contribution in [0.2, 0.25) is 5.02 Å². The molecule has 1 heterocycles. The van der Waals surface area contributed by atoms with Gasteiger partial charge in [-0.15, -0.1) is 0 Å². The minimum Gasteiger partial charge on any atom is -0.352 e. The highest BCUT2D eigenvalue weighted by Crippen LogP contribution is 2.19. The molecule has 3 rings (SSSR count). The van der Waals surface area contributed by atoms with Crippen molar-refractivity contribution in [1.29, 1.82) is 0 Å². The van der Waals surface area contributed by atoms with Gasteiger partial charge in [0.15, 0.2) is 0 Å². The molecule has 5 heteroatoms. The van der Waals surface area contributed by atoms with Gasteiger partial charge in [-0.1, -0.05) is 94.5 Å². The van der Waals surface area contributed by atoms with Gasteiger partial charge in [0.1, 0.15) is 5.82 Å². The van der Waals surface area contributed by atoms with E-state index in [9.17, 15) is 4.79 Å². The third-order valence-corrected chi connectivity index (χ3v) is 6.90. The van der Waals surface area contributed by atoms with Gasteiger partial charge in [0.2, 0.25) is 0 Å². The summed E-state index contributed by atoms with van der Waals surface area (Å²) in [4.78, 5) is 17.2. The maximum Gasteiger partial charge on any atom is 0.251 e. The Morgan fingerprint density at radius 3 is 2.34 bits per heavy atom. The summed E-state index contributed by atoms with van der Waals surface area (Å²) in [5.41, 5.74) is 2.98. The van der Waals surface area contributed by atoms with Gasteiger partial charge in [0.25, 0.3) is 5.91 Å². The summed E-state index contributed by atoms with van der Waals surface area (Å²) in [6.45, 7) is 4.01. The molecular weight excluding hydrogens is 454 g/mol. The molecule has 0 saturated heterocycles. The number of aromatic nitrogens is 2. The molecule has 0 saturated carbocycles. The zero-order chi connectivity index (χ0) is 24.7. The molecule has 0 spiro atoms. The normalized spacial score (nSPS) is 11.3. The summed E-state index contributed by atoms with van der Waals surface area (Å²) < 4.78 is 2.44. The highest BCUT2D eigenvalue weighted by Gasteiger charge is 2.10. The predicted molar refractivity (Wildman–Crippen MR) is 148 cm³/mol. The second-order valence-electron chi connectivity index (χ2n) is 9.57. The van der Waals surface area contributed by atoms with E-state index in [2.05, 4.69) is 41.1 Å². The van der Waals surface area contributed by atoms with Crippen LogP contribution in [0.3, 0.4) is 0 Å². The topological polar surface area (TPSA) is 46.9 Å². The molecule has 4 nitrogen and oxygen atoms in total. The molecule has 0 unspecified atom stereocenters. The first-order chi connectivity index (χ1) is 17.2. The molecule has 1 aromatic heterocycles. The molecule has 0 fully saturated rings. The largest absolute Gasteiger partial charge is 0.352 e. The van der Waals surface area contributed by atoms with E-state index in [0.29, 0.717) is 17.1 Å². The monoisotopic (exact) mass is 495 g/mol. The number of hydrogen-bond donors (Lipinski definition) is 1. The first-order valence-electron chi connectivity index (χ1n) is 13.7. The standard InChI is InChI=1S/C30H42ClN3O/c1-2-3-4-5-6-7-8-9-15-23-34-28-20-13-12-19-27(28)33-29(34)21-11-10-14-22-32-30(35)25-17-16-18-26(31)24-25/h12-13,16-20,24H,2-11,14-15,21-23H2,1H3,(H,32,35). The maximum atomic E-state index is 12.2. The van der Waals surface area contributed by atoms with Crippen molar-refractivity contribution in [2.24, 2.45) is 0 Å². The van der Waals surface area contributed by atoms with E-state index in [4.69, 9.17) is 16.6 Å². The Kier molecular flexibility index (Phi) is 12.2. The molecule has 0 aliphatic heterocycles. The summed E-state index contributed by atoms with van der Waals surface area (Å²) in [5.74, 6) is 1.14. The van der Waals surface area contributed by atoms with Crippen molar-refractivity contribution in [2.75, 3.05) is 6.54 Å². The Balaban J connectivity index is 1.38. The van der Waals surface area contributed by atoms with Crippen LogP contribution in [0.5, 0.6) is 0 Å². The Morgan fingerprint density at radius 2 is 1.57 bits per heavy atom. The fourth-order valence-electron chi connectivity index (χ4n) is 4.66. The number of nitrogens with one attached hydrogen (secondary N) is 1. The first-order valence-corrected chi connectivity index (χ1v) is 14.0. The minimum absolute atomic E-state index is 0.0600. The van der Waals surface area contributed by atoms with Crippen LogP contribution < -0.4 is 5.32 Å². The fraction of sp³-hybridized carbons (Fsp3) is 0.533. The number of unbranched alkanes of at least 4 members (excludes halogenated alkanes) is 10. The number of rotatable bonds is 17. The van der Waals surface area contributed by atoms with Gasteiger partial charge < -0.3 is 9.88 Å². The zero-order valence-corrected chi connectivity index (χ0v) is 22.2. The smallest absolute Gasteiger partial charge is 0.251 e. The highest BCUT2D eigenvalue weighted by atomic mass is 35.5. The Morgan fingerprint density at radius 1 is 0.857 bits per heavy atom. The SMILES string of the molecule is CCCCCCCCCCCn1c(CCCCCNC(=O)c2cccc(Cl)c2)nc2ccccc21. The molecule has 1 N–H and O–H groups in total. The average molecular weight is 496 g/mol. The second kappa shape index (κ2) is 15.6. The van der Waals surface area contributed by atoms with Crippen molar-refractivity contribution in [3.8, 4) is 0 Å². The van der Waals surface area contributed by atoms with Crippen LogP contribution in [-0.2, 0) is 13.0 Å². The molecule has 2 aromatic carbocycles. The van der Waals surface area contributed by atoms with E-state index < -0.39 is 0 Å². The van der Waals surface area contributed by atoms with E-state index in [0.717, 1.165) is 37.7 Å². The lowest BCUT2D eigenvalue weighted by Gasteiger charge is -2.10. The molecule has 0 radical (unpaired) electrons. The van der Waals surface area contributed by atoms with Gasteiger partial charge in [-0.3, -0.25) is 4.79 Å². The maximum absolute atomic E-state index is 12.2. The van der Waals surface area contributed by atoms with Crippen LogP contribution in [0.4, 0.5) is 0 Å². The Hall–Kier alpha value is -2.33. The molecule has 3 aromatic rings. The van der Waals surface area contributed by atoms with Crippen molar-refractivity contribution in [1.82, 2.24) is 14.9 Å². The lowest BCUT2D eigenvalue weighted by molar-refractivity contribution is 0.0953. The number of aryl methyl sites for hydroxylation is 2. The lowest BCUT2D eigenvalue weighted by Crippen LogP contribution is -2.24. The molecule has 1 amide bonds. The van der Waals surface area contributed by atoms with Gasteiger partial charge in [-0.2, -0.15) is 0 Å². The molecule has 0 aliphatic rings. The van der Waals surface area contributed by atoms with E-state index >= 15 is 0 Å². The number of carbonyl (C=O) groups excluding carboxylic acids is 1. The van der Waals surface area contributed by atoms with Crippen LogP contribution in [0.1, 0.15) is 100 Å². The van der Waals surface area contributed by atoms with Crippen molar-refractivity contribution >= 4 is 28.5 Å². The number of para-hydroxylation sites is 2. The molecule has 0 aliphatic carbocycles. The van der Waals surface area contributed by atoms with Gasteiger partial charge in [0.05, 0.1) is 11.0 Å². The summed E-state index contributed by atoms with van der Waals surface area (Å²) in [5, 5.41) is 3.58. The quantitative estimate of drug-likeness (QED) is 0.191. The number of benzene rings is 2. The van der Waals surface area contributed by atoms with E-state index in [-0.39, 0.29) is 5.91 Å². The number of fused-ring (bicyclic) bond motifs is 1. The predicted octanol–water partition coefficient (Wildman–Crippen LogP) is 8.36. The van der Waals surface area contributed by atoms with Crippen molar-refractivity contribution in [2.45, 2.75) is 96.9 Å². The summed E-state index contributed by atoms with van der Waals surface area (Å²) in [7, 11) is 0. The third kappa shape index (κ3) is 9.33. The van der Waals surface area contributed by atoms with Crippen LogP contribution in [0.25, 0.3) is 11.0 Å². The van der Waals surface area contributed by atoms with Gasteiger partial charge >= 0.3 is 0 Å².